The van der Waals surface area contributed by atoms with Gasteiger partial charge in [-0.25, -0.2) is 0 Å². The first-order chi connectivity index (χ1) is 7.75. The van der Waals surface area contributed by atoms with Crippen molar-refractivity contribution >= 4 is 0 Å². The molecule has 0 aromatic heterocycles. The summed E-state index contributed by atoms with van der Waals surface area (Å²) in [5, 5.41) is 9.51. The minimum atomic E-state index is -0.128. The fourth-order valence-corrected chi connectivity index (χ4v) is 3.50. The summed E-state index contributed by atoms with van der Waals surface area (Å²) in [6.07, 6.45) is 10.7. The Kier molecular flexibility index (Phi) is 4.66. The molecule has 2 fully saturated rings. The molecule has 1 aliphatic carbocycles. The van der Waals surface area contributed by atoms with Crippen molar-refractivity contribution in [2.45, 2.75) is 70.4 Å². The molecule has 2 nitrogen and oxygen atoms in total. The first kappa shape index (κ1) is 12.4. The number of aliphatic hydroxyl groups excluding tert-OH is 1. The van der Waals surface area contributed by atoms with E-state index in [0.717, 1.165) is 12.3 Å². The summed E-state index contributed by atoms with van der Waals surface area (Å²) in [5.41, 5.74) is 0. The van der Waals surface area contributed by atoms with Gasteiger partial charge in [-0.1, -0.05) is 19.3 Å². The summed E-state index contributed by atoms with van der Waals surface area (Å²) in [5.74, 6) is 0.948. The largest absolute Gasteiger partial charge is 0.393 e. The molecule has 1 N–H and O–H groups in total. The molecule has 0 spiro atoms. The Morgan fingerprint density at radius 1 is 1.12 bits per heavy atom. The Hall–Kier alpha value is -0.0800. The van der Waals surface area contributed by atoms with Gasteiger partial charge in [0.25, 0.3) is 0 Å². The van der Waals surface area contributed by atoms with Gasteiger partial charge in [-0.2, -0.15) is 0 Å². The molecule has 1 saturated carbocycles. The molecule has 16 heavy (non-hydrogen) atoms. The van der Waals surface area contributed by atoms with Gasteiger partial charge in [-0.05, 0) is 51.5 Å². The Morgan fingerprint density at radius 2 is 1.88 bits per heavy atom. The monoisotopic (exact) mass is 225 g/mol. The molecule has 0 amide bonds. The van der Waals surface area contributed by atoms with Gasteiger partial charge in [0, 0.05) is 12.6 Å². The van der Waals surface area contributed by atoms with Crippen LogP contribution in [0.4, 0.5) is 0 Å². The summed E-state index contributed by atoms with van der Waals surface area (Å²) < 4.78 is 0. The van der Waals surface area contributed by atoms with Crippen molar-refractivity contribution in [3.05, 3.63) is 0 Å². The second-order valence-electron chi connectivity index (χ2n) is 5.88. The molecule has 0 aromatic rings. The SMILES string of the molecule is CC(O)CC1CCCN1CC1CCCCC1. The topological polar surface area (TPSA) is 23.5 Å². The van der Waals surface area contributed by atoms with E-state index in [4.69, 9.17) is 0 Å². The van der Waals surface area contributed by atoms with Crippen LogP contribution in [0.1, 0.15) is 58.3 Å². The van der Waals surface area contributed by atoms with Gasteiger partial charge in [-0.3, -0.25) is 0 Å². The second kappa shape index (κ2) is 6.02. The van der Waals surface area contributed by atoms with Crippen molar-refractivity contribution < 1.29 is 5.11 Å². The van der Waals surface area contributed by atoms with Gasteiger partial charge in [0.1, 0.15) is 0 Å². The fraction of sp³-hybridized carbons (Fsp3) is 1.00. The number of hydrogen-bond acceptors (Lipinski definition) is 2. The third-order valence-corrected chi connectivity index (χ3v) is 4.33. The van der Waals surface area contributed by atoms with Crippen LogP contribution in [0.5, 0.6) is 0 Å². The van der Waals surface area contributed by atoms with Crippen molar-refractivity contribution in [3.63, 3.8) is 0 Å². The zero-order valence-electron chi connectivity index (χ0n) is 10.7. The molecular weight excluding hydrogens is 198 g/mol. The van der Waals surface area contributed by atoms with E-state index < -0.39 is 0 Å². The number of rotatable bonds is 4. The van der Waals surface area contributed by atoms with E-state index in [0.29, 0.717) is 6.04 Å². The minimum absolute atomic E-state index is 0.128. The quantitative estimate of drug-likeness (QED) is 0.795. The lowest BCUT2D eigenvalue weighted by Gasteiger charge is -2.31. The zero-order valence-corrected chi connectivity index (χ0v) is 10.7. The van der Waals surface area contributed by atoms with E-state index in [-0.39, 0.29) is 6.10 Å². The van der Waals surface area contributed by atoms with Crippen LogP contribution < -0.4 is 0 Å². The zero-order chi connectivity index (χ0) is 11.4. The lowest BCUT2D eigenvalue weighted by molar-refractivity contribution is 0.119. The number of nitrogens with zero attached hydrogens (tertiary/aromatic N) is 1. The van der Waals surface area contributed by atoms with Crippen molar-refractivity contribution in [2.75, 3.05) is 13.1 Å². The Labute approximate surface area is 100 Å². The summed E-state index contributed by atoms with van der Waals surface area (Å²) >= 11 is 0. The van der Waals surface area contributed by atoms with Crippen LogP contribution in [-0.2, 0) is 0 Å². The molecule has 0 aromatic carbocycles. The summed E-state index contributed by atoms with van der Waals surface area (Å²) in [6.45, 7) is 4.50. The fourth-order valence-electron chi connectivity index (χ4n) is 3.50. The lowest BCUT2D eigenvalue weighted by Crippen LogP contribution is -2.36. The van der Waals surface area contributed by atoms with E-state index in [1.165, 1.54) is 58.0 Å². The Bertz CT molecular complexity index is 199. The second-order valence-corrected chi connectivity index (χ2v) is 5.88. The molecule has 1 aliphatic heterocycles. The Morgan fingerprint density at radius 3 is 2.56 bits per heavy atom. The van der Waals surface area contributed by atoms with Crippen molar-refractivity contribution in [2.24, 2.45) is 5.92 Å². The third-order valence-electron chi connectivity index (χ3n) is 4.33. The van der Waals surface area contributed by atoms with E-state index in [9.17, 15) is 5.11 Å². The van der Waals surface area contributed by atoms with Crippen molar-refractivity contribution in [1.82, 2.24) is 4.90 Å². The molecule has 2 rings (SSSR count). The van der Waals surface area contributed by atoms with Gasteiger partial charge >= 0.3 is 0 Å². The lowest BCUT2D eigenvalue weighted by atomic mass is 9.88. The molecular formula is C14H27NO. The van der Waals surface area contributed by atoms with Gasteiger partial charge < -0.3 is 10.0 Å². The molecule has 2 heteroatoms. The normalized spacial score (nSPS) is 30.8. The first-order valence-corrected chi connectivity index (χ1v) is 7.18. The highest BCUT2D eigenvalue weighted by Gasteiger charge is 2.27. The minimum Gasteiger partial charge on any atom is -0.393 e. The van der Waals surface area contributed by atoms with Gasteiger partial charge in [0.05, 0.1) is 6.10 Å². The van der Waals surface area contributed by atoms with E-state index in [2.05, 4.69) is 4.90 Å². The highest BCUT2D eigenvalue weighted by molar-refractivity contribution is 4.82. The number of aliphatic hydroxyl groups is 1. The molecule has 2 atom stereocenters. The van der Waals surface area contributed by atoms with Crippen LogP contribution in [0.2, 0.25) is 0 Å². The number of hydrogen-bond donors (Lipinski definition) is 1. The maximum absolute atomic E-state index is 9.51. The van der Waals surface area contributed by atoms with E-state index in [1.807, 2.05) is 6.92 Å². The first-order valence-electron chi connectivity index (χ1n) is 7.18. The third kappa shape index (κ3) is 3.46. The van der Waals surface area contributed by atoms with Crippen LogP contribution >= 0.6 is 0 Å². The molecule has 94 valence electrons. The summed E-state index contributed by atoms with van der Waals surface area (Å²) in [7, 11) is 0. The van der Waals surface area contributed by atoms with Crippen molar-refractivity contribution in [1.29, 1.82) is 0 Å². The predicted octanol–water partition coefficient (Wildman–Crippen LogP) is 2.80. The van der Waals surface area contributed by atoms with Gasteiger partial charge in [0.15, 0.2) is 0 Å². The highest BCUT2D eigenvalue weighted by atomic mass is 16.3. The standard InChI is InChI=1S/C14H27NO/c1-12(16)10-14-8-5-9-15(14)11-13-6-3-2-4-7-13/h12-14,16H,2-11H2,1H3. The molecule has 1 heterocycles. The number of likely N-dealkylation sites (tertiary alicyclic amines) is 1. The average Bonchev–Trinajstić information content (AvgIpc) is 2.66. The van der Waals surface area contributed by atoms with Crippen molar-refractivity contribution in [3.8, 4) is 0 Å². The molecule has 2 aliphatic rings. The maximum atomic E-state index is 9.51. The highest BCUT2D eigenvalue weighted by Crippen LogP contribution is 2.28. The van der Waals surface area contributed by atoms with Gasteiger partial charge in [0.2, 0.25) is 0 Å². The van der Waals surface area contributed by atoms with Crippen LogP contribution in [0, 0.1) is 5.92 Å². The van der Waals surface area contributed by atoms with Crippen LogP contribution in [0.3, 0.4) is 0 Å². The molecule has 1 saturated heterocycles. The predicted molar refractivity (Wildman–Crippen MR) is 67.5 cm³/mol. The van der Waals surface area contributed by atoms with Crippen LogP contribution in [0.15, 0.2) is 0 Å². The molecule has 2 unspecified atom stereocenters. The maximum Gasteiger partial charge on any atom is 0.0527 e. The molecule has 0 bridgehead atoms. The van der Waals surface area contributed by atoms with Crippen LogP contribution in [0.25, 0.3) is 0 Å². The van der Waals surface area contributed by atoms with E-state index in [1.54, 1.807) is 0 Å². The summed E-state index contributed by atoms with van der Waals surface area (Å²) in [4.78, 5) is 2.66. The average molecular weight is 225 g/mol. The smallest absolute Gasteiger partial charge is 0.0527 e. The molecule has 0 radical (unpaired) electrons. The van der Waals surface area contributed by atoms with E-state index >= 15 is 0 Å². The Balaban J connectivity index is 1.78. The van der Waals surface area contributed by atoms with Gasteiger partial charge in [-0.15, -0.1) is 0 Å². The van der Waals surface area contributed by atoms with Crippen LogP contribution in [-0.4, -0.2) is 35.2 Å². The summed E-state index contributed by atoms with van der Waals surface area (Å²) in [6, 6.07) is 0.668.